The van der Waals surface area contributed by atoms with Gasteiger partial charge in [0.2, 0.25) is 0 Å². The van der Waals surface area contributed by atoms with E-state index in [1.165, 1.54) is 4.68 Å². The van der Waals surface area contributed by atoms with Crippen LogP contribution in [0, 0.1) is 37.8 Å². The lowest BCUT2D eigenvalue weighted by Crippen LogP contribution is -2.15. The summed E-state index contributed by atoms with van der Waals surface area (Å²) < 4.78 is 3.56. The smallest absolute Gasteiger partial charge is 0.312 e. The fraction of sp³-hybridized carbons (Fsp3) is 0.333. The summed E-state index contributed by atoms with van der Waals surface area (Å²) in [5.41, 5.74) is 4.34. The molecule has 7 heteroatoms. The van der Waals surface area contributed by atoms with Gasteiger partial charge in [0, 0.05) is 17.0 Å². The van der Waals surface area contributed by atoms with Crippen LogP contribution in [-0.2, 0) is 6.54 Å². The van der Waals surface area contributed by atoms with Crippen LogP contribution < -0.4 is 0 Å². The zero-order valence-corrected chi connectivity index (χ0v) is 16.8. The molecule has 1 unspecified atom stereocenters. The van der Waals surface area contributed by atoms with Crippen LogP contribution in [0.4, 0.5) is 5.69 Å². The largest absolute Gasteiger partial charge is 0.341 e. The van der Waals surface area contributed by atoms with E-state index in [1.54, 1.807) is 13.8 Å². The highest BCUT2D eigenvalue weighted by molar-refractivity contribution is 5.97. The number of rotatable bonds is 6. The first kappa shape index (κ1) is 19.5. The summed E-state index contributed by atoms with van der Waals surface area (Å²) in [5.74, 6) is -0.111. The molecule has 7 nitrogen and oxygen atoms in total. The van der Waals surface area contributed by atoms with E-state index in [9.17, 15) is 14.9 Å². The summed E-state index contributed by atoms with van der Waals surface area (Å²) in [6, 6.07) is 12.1. The summed E-state index contributed by atoms with van der Waals surface area (Å²) in [6.07, 6.45) is 0. The molecule has 1 atom stereocenters. The van der Waals surface area contributed by atoms with E-state index in [0.29, 0.717) is 17.0 Å². The van der Waals surface area contributed by atoms with E-state index in [1.807, 2.05) is 38.1 Å². The molecule has 0 aliphatic carbocycles. The van der Waals surface area contributed by atoms with Crippen molar-refractivity contribution in [3.05, 3.63) is 80.4 Å². The second-order valence-corrected chi connectivity index (χ2v) is 7.10. The quantitative estimate of drug-likeness (QED) is 0.362. The Bertz CT molecular complexity index is 1050. The lowest BCUT2D eigenvalue weighted by molar-refractivity contribution is -0.386. The Labute approximate surface area is 163 Å². The van der Waals surface area contributed by atoms with Gasteiger partial charge in [0.1, 0.15) is 17.9 Å². The molecule has 0 saturated heterocycles. The SMILES string of the molecule is Cc1nn(CC(=O)c2cc(C)n(C(C)c3ccccc3)c2C)c(C)c1[N+](=O)[O-]. The summed E-state index contributed by atoms with van der Waals surface area (Å²) in [7, 11) is 0. The minimum Gasteiger partial charge on any atom is -0.341 e. The van der Waals surface area contributed by atoms with Crippen molar-refractivity contribution in [2.45, 2.75) is 47.2 Å². The molecule has 0 fully saturated rings. The Morgan fingerprint density at radius 3 is 2.36 bits per heavy atom. The number of aryl methyl sites for hydroxylation is 2. The average Bonchev–Trinajstić information content (AvgIpc) is 3.10. The van der Waals surface area contributed by atoms with Crippen LogP contribution in [0.5, 0.6) is 0 Å². The molecule has 0 spiro atoms. The van der Waals surface area contributed by atoms with Gasteiger partial charge in [-0.05, 0) is 46.2 Å². The van der Waals surface area contributed by atoms with Crippen molar-refractivity contribution < 1.29 is 9.72 Å². The minimum atomic E-state index is -0.452. The van der Waals surface area contributed by atoms with E-state index < -0.39 is 4.92 Å². The molecule has 2 heterocycles. The number of hydrogen-bond acceptors (Lipinski definition) is 4. The van der Waals surface area contributed by atoms with Gasteiger partial charge in [0.25, 0.3) is 0 Å². The van der Waals surface area contributed by atoms with Crippen LogP contribution in [0.15, 0.2) is 36.4 Å². The molecule has 3 aromatic rings. The van der Waals surface area contributed by atoms with Gasteiger partial charge in [0.15, 0.2) is 5.78 Å². The number of hydrogen-bond donors (Lipinski definition) is 0. The van der Waals surface area contributed by atoms with Crippen molar-refractivity contribution in [2.24, 2.45) is 0 Å². The van der Waals surface area contributed by atoms with Crippen LogP contribution in [0.1, 0.15) is 51.7 Å². The number of nitro groups is 1. The van der Waals surface area contributed by atoms with Gasteiger partial charge in [-0.3, -0.25) is 19.6 Å². The van der Waals surface area contributed by atoms with Crippen molar-refractivity contribution in [2.75, 3.05) is 0 Å². The number of carbonyl (C=O) groups is 1. The molecule has 0 radical (unpaired) electrons. The van der Waals surface area contributed by atoms with Crippen molar-refractivity contribution in [3.8, 4) is 0 Å². The standard InChI is InChI=1S/C21H24N4O3/c1-13-11-19(16(4)24(13)15(3)18-9-7-6-8-10-18)20(26)12-23-17(5)21(25(27)28)14(2)22-23/h6-11,15H,12H2,1-5H3. The highest BCUT2D eigenvalue weighted by Gasteiger charge is 2.25. The van der Waals surface area contributed by atoms with Crippen LogP contribution in [0.2, 0.25) is 0 Å². The molecular weight excluding hydrogens is 356 g/mol. The maximum absolute atomic E-state index is 13.0. The van der Waals surface area contributed by atoms with E-state index in [4.69, 9.17) is 0 Å². The fourth-order valence-corrected chi connectivity index (χ4v) is 3.86. The Morgan fingerprint density at radius 2 is 1.79 bits per heavy atom. The molecular formula is C21H24N4O3. The first-order valence-corrected chi connectivity index (χ1v) is 9.17. The van der Waals surface area contributed by atoms with Crippen LogP contribution in [0.3, 0.4) is 0 Å². The highest BCUT2D eigenvalue weighted by atomic mass is 16.6. The van der Waals surface area contributed by atoms with Gasteiger partial charge < -0.3 is 4.57 Å². The van der Waals surface area contributed by atoms with E-state index in [-0.39, 0.29) is 24.1 Å². The van der Waals surface area contributed by atoms with Crippen LogP contribution >= 0.6 is 0 Å². The molecule has 0 aliphatic rings. The molecule has 0 saturated carbocycles. The molecule has 0 aliphatic heterocycles. The van der Waals surface area contributed by atoms with E-state index in [2.05, 4.69) is 28.7 Å². The molecule has 146 valence electrons. The maximum Gasteiger partial charge on any atom is 0.312 e. The number of carbonyl (C=O) groups excluding carboxylic acids is 1. The number of Topliss-reactive ketones (excluding diaryl/α,β-unsaturated/α-hetero) is 1. The predicted octanol–water partition coefficient (Wildman–Crippen LogP) is 4.32. The fourth-order valence-electron chi connectivity index (χ4n) is 3.86. The zero-order valence-electron chi connectivity index (χ0n) is 16.8. The third-order valence-electron chi connectivity index (χ3n) is 5.27. The third kappa shape index (κ3) is 3.35. The molecule has 2 aromatic heterocycles. The maximum atomic E-state index is 13.0. The minimum absolute atomic E-state index is 0.0233. The van der Waals surface area contributed by atoms with Gasteiger partial charge in [0.05, 0.1) is 11.0 Å². The molecule has 0 bridgehead atoms. The van der Waals surface area contributed by atoms with Crippen molar-refractivity contribution in [1.82, 2.24) is 14.3 Å². The van der Waals surface area contributed by atoms with Crippen LogP contribution in [0.25, 0.3) is 0 Å². The first-order chi connectivity index (χ1) is 13.2. The lowest BCUT2D eigenvalue weighted by Gasteiger charge is -2.19. The topological polar surface area (TPSA) is 83.0 Å². The number of benzene rings is 1. The molecule has 0 amide bonds. The highest BCUT2D eigenvalue weighted by Crippen LogP contribution is 2.27. The number of aromatic nitrogens is 3. The summed E-state index contributed by atoms with van der Waals surface area (Å²) in [4.78, 5) is 23.7. The van der Waals surface area contributed by atoms with Gasteiger partial charge in [-0.25, -0.2) is 0 Å². The second kappa shape index (κ2) is 7.42. The Balaban J connectivity index is 1.92. The van der Waals surface area contributed by atoms with Crippen molar-refractivity contribution in [1.29, 1.82) is 0 Å². The Morgan fingerprint density at radius 1 is 1.14 bits per heavy atom. The monoisotopic (exact) mass is 380 g/mol. The van der Waals surface area contributed by atoms with Gasteiger partial charge >= 0.3 is 5.69 Å². The third-order valence-corrected chi connectivity index (χ3v) is 5.27. The van der Waals surface area contributed by atoms with E-state index in [0.717, 1.165) is 17.0 Å². The van der Waals surface area contributed by atoms with E-state index >= 15 is 0 Å². The van der Waals surface area contributed by atoms with Gasteiger partial charge in [-0.2, -0.15) is 5.10 Å². The molecule has 0 N–H and O–H groups in total. The summed E-state index contributed by atoms with van der Waals surface area (Å²) in [5, 5.41) is 15.4. The lowest BCUT2D eigenvalue weighted by atomic mass is 10.1. The van der Waals surface area contributed by atoms with Crippen molar-refractivity contribution >= 4 is 11.5 Å². The summed E-state index contributed by atoms with van der Waals surface area (Å²) in [6.45, 7) is 9.20. The van der Waals surface area contributed by atoms with Crippen molar-refractivity contribution in [3.63, 3.8) is 0 Å². The van der Waals surface area contributed by atoms with Gasteiger partial charge in [-0.15, -0.1) is 0 Å². The number of ketones is 1. The Hall–Kier alpha value is -3.22. The molecule has 1 aromatic carbocycles. The number of nitrogens with zero attached hydrogens (tertiary/aromatic N) is 4. The predicted molar refractivity (Wildman–Crippen MR) is 107 cm³/mol. The van der Waals surface area contributed by atoms with Gasteiger partial charge in [-0.1, -0.05) is 30.3 Å². The Kier molecular flexibility index (Phi) is 5.18. The zero-order chi connectivity index (χ0) is 20.6. The normalized spacial score (nSPS) is 12.2. The molecule has 3 rings (SSSR count). The summed E-state index contributed by atoms with van der Waals surface area (Å²) >= 11 is 0. The van der Waals surface area contributed by atoms with Crippen LogP contribution in [-0.4, -0.2) is 25.1 Å². The average molecular weight is 380 g/mol. The second-order valence-electron chi connectivity index (χ2n) is 7.10. The first-order valence-electron chi connectivity index (χ1n) is 9.17. The molecule has 28 heavy (non-hydrogen) atoms.